The molecular weight excluding hydrogens is 260 g/mol. The van der Waals surface area contributed by atoms with Crippen molar-refractivity contribution >= 4 is 0 Å². The molecule has 0 radical (unpaired) electrons. The summed E-state index contributed by atoms with van der Waals surface area (Å²) in [7, 11) is 0. The lowest BCUT2D eigenvalue weighted by Gasteiger charge is -2.11. The molecule has 0 aliphatic rings. The van der Waals surface area contributed by atoms with Gasteiger partial charge < -0.3 is 10.2 Å². The van der Waals surface area contributed by atoms with E-state index >= 15 is 0 Å². The van der Waals surface area contributed by atoms with Crippen molar-refractivity contribution in [3.05, 3.63) is 78.4 Å². The minimum absolute atomic E-state index is 0.0360. The van der Waals surface area contributed by atoms with Gasteiger partial charge in [-0.3, -0.25) is 0 Å². The number of phenolic OH excluding ortho intramolecular Hbond substituents is 1. The van der Waals surface area contributed by atoms with Crippen molar-refractivity contribution in [3.63, 3.8) is 0 Å². The van der Waals surface area contributed by atoms with Crippen molar-refractivity contribution in [3.8, 4) is 28.0 Å². The number of benzene rings is 3. The fraction of sp³-hybridized carbons (Fsp3) is 0.0526. The molecule has 2 N–H and O–H groups in total. The first kappa shape index (κ1) is 13.4. The van der Waals surface area contributed by atoms with Crippen LogP contribution < -0.4 is 0 Å². The van der Waals surface area contributed by atoms with E-state index in [2.05, 4.69) is 0 Å². The number of hydrogen-bond donors (Lipinski definition) is 2. The zero-order valence-corrected chi connectivity index (χ0v) is 11.5. The normalized spacial score (nSPS) is 10.5. The Balaban J connectivity index is 2.08. The molecule has 21 heavy (non-hydrogen) atoms. The van der Waals surface area contributed by atoms with Gasteiger partial charge in [-0.25, -0.2) is 0 Å². The average Bonchev–Trinajstić information content (AvgIpc) is 2.55. The molecule has 0 fully saturated rings. The van der Waals surface area contributed by atoms with Gasteiger partial charge in [0.2, 0.25) is 0 Å². The van der Waals surface area contributed by atoms with Crippen LogP contribution in [0.15, 0.2) is 72.8 Å². The molecular formula is C19H16O2. The summed E-state index contributed by atoms with van der Waals surface area (Å²) in [6.45, 7) is -0.0360. The second-order valence-electron chi connectivity index (χ2n) is 4.95. The lowest BCUT2D eigenvalue weighted by atomic mass is 9.95. The van der Waals surface area contributed by atoms with Crippen LogP contribution in [0.3, 0.4) is 0 Å². The lowest BCUT2D eigenvalue weighted by molar-refractivity contribution is 0.282. The summed E-state index contributed by atoms with van der Waals surface area (Å²) in [5.74, 6) is 0.225. The number of rotatable bonds is 3. The Labute approximate surface area is 123 Å². The smallest absolute Gasteiger partial charge is 0.116 e. The van der Waals surface area contributed by atoms with Crippen molar-refractivity contribution in [1.82, 2.24) is 0 Å². The third-order valence-corrected chi connectivity index (χ3v) is 3.54. The summed E-state index contributed by atoms with van der Waals surface area (Å²) in [4.78, 5) is 0. The summed E-state index contributed by atoms with van der Waals surface area (Å²) in [5, 5.41) is 19.3. The van der Waals surface area contributed by atoms with Crippen LogP contribution in [0.4, 0.5) is 0 Å². The molecule has 0 saturated carbocycles. The lowest BCUT2D eigenvalue weighted by Crippen LogP contribution is -1.91. The Hall–Kier alpha value is -2.58. The van der Waals surface area contributed by atoms with Crippen LogP contribution in [-0.2, 0) is 6.61 Å². The third-order valence-electron chi connectivity index (χ3n) is 3.54. The molecule has 3 aromatic carbocycles. The maximum atomic E-state index is 9.66. The molecule has 0 saturated heterocycles. The fourth-order valence-electron chi connectivity index (χ4n) is 2.49. The van der Waals surface area contributed by atoms with Gasteiger partial charge in [-0.05, 0) is 46.0 Å². The zero-order valence-electron chi connectivity index (χ0n) is 11.5. The molecule has 2 heteroatoms. The van der Waals surface area contributed by atoms with Gasteiger partial charge in [0.15, 0.2) is 0 Å². The minimum Gasteiger partial charge on any atom is -0.508 e. The van der Waals surface area contributed by atoms with Crippen molar-refractivity contribution in [2.24, 2.45) is 0 Å². The van der Waals surface area contributed by atoms with Crippen molar-refractivity contribution in [1.29, 1.82) is 0 Å². The molecule has 2 nitrogen and oxygen atoms in total. The fourth-order valence-corrected chi connectivity index (χ4v) is 2.49. The van der Waals surface area contributed by atoms with Crippen LogP contribution in [-0.4, -0.2) is 10.2 Å². The largest absolute Gasteiger partial charge is 0.508 e. The van der Waals surface area contributed by atoms with E-state index in [0.717, 1.165) is 27.8 Å². The van der Waals surface area contributed by atoms with E-state index in [1.165, 1.54) is 0 Å². The molecule has 3 aromatic rings. The van der Waals surface area contributed by atoms with E-state index in [9.17, 15) is 10.2 Å². The van der Waals surface area contributed by atoms with Gasteiger partial charge in [-0.15, -0.1) is 0 Å². The van der Waals surface area contributed by atoms with Crippen LogP contribution in [0.1, 0.15) is 5.56 Å². The highest BCUT2D eigenvalue weighted by atomic mass is 16.3. The van der Waals surface area contributed by atoms with Gasteiger partial charge >= 0.3 is 0 Å². The SMILES string of the molecule is OCc1cc(-c2ccccc2)ccc1-c1cccc(O)c1. The average molecular weight is 276 g/mol. The summed E-state index contributed by atoms with van der Waals surface area (Å²) in [5.41, 5.74) is 4.88. The van der Waals surface area contributed by atoms with E-state index in [4.69, 9.17) is 0 Å². The second kappa shape index (κ2) is 5.81. The van der Waals surface area contributed by atoms with Crippen LogP contribution in [0.25, 0.3) is 22.3 Å². The first-order valence-electron chi connectivity index (χ1n) is 6.86. The first-order valence-corrected chi connectivity index (χ1v) is 6.86. The Morgan fingerprint density at radius 1 is 0.667 bits per heavy atom. The minimum atomic E-state index is -0.0360. The predicted molar refractivity (Wildman–Crippen MR) is 84.9 cm³/mol. The van der Waals surface area contributed by atoms with Gasteiger partial charge in [0.1, 0.15) is 5.75 Å². The predicted octanol–water partition coefficient (Wildman–Crippen LogP) is 4.22. The molecule has 0 aromatic heterocycles. The van der Waals surface area contributed by atoms with Crippen LogP contribution in [0.2, 0.25) is 0 Å². The summed E-state index contributed by atoms with van der Waals surface area (Å²) in [6.07, 6.45) is 0. The highest BCUT2D eigenvalue weighted by Gasteiger charge is 2.07. The Bertz CT molecular complexity index is 749. The maximum absolute atomic E-state index is 9.66. The van der Waals surface area contributed by atoms with E-state index in [1.807, 2.05) is 54.6 Å². The van der Waals surface area contributed by atoms with E-state index < -0.39 is 0 Å². The molecule has 0 unspecified atom stereocenters. The molecule has 0 bridgehead atoms. The standard InChI is InChI=1S/C19H16O2/c20-13-17-11-15(14-5-2-1-3-6-14)9-10-19(17)16-7-4-8-18(21)12-16/h1-12,20-21H,13H2. The van der Waals surface area contributed by atoms with Crippen LogP contribution in [0.5, 0.6) is 5.75 Å². The zero-order chi connectivity index (χ0) is 14.7. The third kappa shape index (κ3) is 2.81. The number of hydrogen-bond acceptors (Lipinski definition) is 2. The highest BCUT2D eigenvalue weighted by molar-refractivity contribution is 5.74. The molecule has 104 valence electrons. The summed E-state index contributed by atoms with van der Waals surface area (Å²) < 4.78 is 0. The van der Waals surface area contributed by atoms with Gasteiger partial charge in [0.25, 0.3) is 0 Å². The van der Waals surface area contributed by atoms with Gasteiger partial charge in [0, 0.05) is 0 Å². The Morgan fingerprint density at radius 2 is 1.43 bits per heavy atom. The molecule has 3 rings (SSSR count). The van der Waals surface area contributed by atoms with Gasteiger partial charge in [-0.2, -0.15) is 0 Å². The second-order valence-corrected chi connectivity index (χ2v) is 4.95. The first-order chi connectivity index (χ1) is 10.3. The molecule has 0 heterocycles. The van der Waals surface area contributed by atoms with Crippen molar-refractivity contribution in [2.75, 3.05) is 0 Å². The van der Waals surface area contributed by atoms with Crippen molar-refractivity contribution < 1.29 is 10.2 Å². The molecule has 0 spiro atoms. The van der Waals surface area contributed by atoms with Crippen LogP contribution >= 0.6 is 0 Å². The Kier molecular flexibility index (Phi) is 3.71. The molecule has 0 amide bonds. The summed E-state index contributed by atoms with van der Waals surface area (Å²) >= 11 is 0. The number of aliphatic hydroxyl groups is 1. The number of aliphatic hydroxyl groups excluding tert-OH is 1. The van der Waals surface area contributed by atoms with Gasteiger partial charge in [-0.1, -0.05) is 54.6 Å². The summed E-state index contributed by atoms with van der Waals surface area (Å²) in [6, 6.07) is 23.2. The van der Waals surface area contributed by atoms with Gasteiger partial charge in [0.05, 0.1) is 6.61 Å². The highest BCUT2D eigenvalue weighted by Crippen LogP contribution is 2.30. The van der Waals surface area contributed by atoms with Crippen LogP contribution in [0, 0.1) is 0 Å². The Morgan fingerprint density at radius 3 is 2.14 bits per heavy atom. The maximum Gasteiger partial charge on any atom is 0.116 e. The molecule has 0 aliphatic heterocycles. The van der Waals surface area contributed by atoms with E-state index in [0.29, 0.717) is 0 Å². The topological polar surface area (TPSA) is 40.5 Å². The monoisotopic (exact) mass is 276 g/mol. The number of aromatic hydroxyl groups is 1. The molecule has 0 aliphatic carbocycles. The van der Waals surface area contributed by atoms with Crippen molar-refractivity contribution in [2.45, 2.75) is 6.61 Å². The molecule has 0 atom stereocenters. The van der Waals surface area contributed by atoms with E-state index in [1.54, 1.807) is 18.2 Å². The van der Waals surface area contributed by atoms with E-state index in [-0.39, 0.29) is 12.4 Å². The number of phenols is 1. The quantitative estimate of drug-likeness (QED) is 0.752.